The first-order valence-corrected chi connectivity index (χ1v) is 6.60. The number of aromatic nitrogens is 1. The first kappa shape index (κ1) is 13.3. The van der Waals surface area contributed by atoms with Crippen LogP contribution in [0.3, 0.4) is 0 Å². The Morgan fingerprint density at radius 1 is 1.50 bits per heavy atom. The van der Waals surface area contributed by atoms with Crippen molar-refractivity contribution in [3.63, 3.8) is 0 Å². The third-order valence-electron chi connectivity index (χ3n) is 3.69. The lowest BCUT2D eigenvalue weighted by molar-refractivity contribution is 0.0893. The molecule has 1 aromatic heterocycles. The van der Waals surface area contributed by atoms with Crippen LogP contribution >= 0.6 is 0 Å². The van der Waals surface area contributed by atoms with Gasteiger partial charge in [-0.05, 0) is 32.8 Å². The Labute approximate surface area is 109 Å². The van der Waals surface area contributed by atoms with Gasteiger partial charge in [0.15, 0.2) is 0 Å². The van der Waals surface area contributed by atoms with Gasteiger partial charge >= 0.3 is 0 Å². The molecule has 1 atom stereocenters. The van der Waals surface area contributed by atoms with E-state index in [9.17, 15) is 0 Å². The second kappa shape index (κ2) is 5.67. The number of ether oxygens (including phenoxy) is 1. The van der Waals surface area contributed by atoms with Crippen molar-refractivity contribution in [3.05, 3.63) is 23.0 Å². The number of methoxy groups -OCH3 is 1. The molecular formula is C14H23N3O. The number of piperidine rings is 1. The maximum atomic E-state index is 5.88. The number of pyridine rings is 1. The van der Waals surface area contributed by atoms with Crippen molar-refractivity contribution in [3.8, 4) is 0 Å². The van der Waals surface area contributed by atoms with Crippen molar-refractivity contribution in [2.75, 3.05) is 25.1 Å². The molecule has 0 spiro atoms. The van der Waals surface area contributed by atoms with Crippen molar-refractivity contribution >= 4 is 5.69 Å². The Balaban J connectivity index is 2.31. The van der Waals surface area contributed by atoms with Gasteiger partial charge in [-0.1, -0.05) is 0 Å². The molecule has 0 amide bonds. The van der Waals surface area contributed by atoms with Gasteiger partial charge in [-0.3, -0.25) is 4.98 Å². The number of hydrogen-bond donors (Lipinski definition) is 1. The summed E-state index contributed by atoms with van der Waals surface area (Å²) in [6, 6.07) is 2.15. The summed E-state index contributed by atoms with van der Waals surface area (Å²) in [5.74, 6) is 0. The van der Waals surface area contributed by atoms with Crippen LogP contribution in [0.25, 0.3) is 0 Å². The van der Waals surface area contributed by atoms with Gasteiger partial charge in [0.1, 0.15) is 0 Å². The Morgan fingerprint density at radius 3 is 2.94 bits per heavy atom. The lowest BCUT2D eigenvalue weighted by Crippen LogP contribution is -2.40. The van der Waals surface area contributed by atoms with Crippen LogP contribution < -0.4 is 10.6 Å². The zero-order valence-corrected chi connectivity index (χ0v) is 11.6. The van der Waals surface area contributed by atoms with Crippen LogP contribution in [-0.2, 0) is 11.3 Å². The standard InChI is InChI=1S/C14H23N3O/c1-10-7-14(13(8-15)11(2)16-10)17-6-4-5-12(9-17)18-3/h7,12H,4-6,8-9,15H2,1-3H3. The topological polar surface area (TPSA) is 51.4 Å². The van der Waals surface area contributed by atoms with Crippen LogP contribution in [0.1, 0.15) is 29.8 Å². The van der Waals surface area contributed by atoms with Crippen LogP contribution in [0, 0.1) is 13.8 Å². The van der Waals surface area contributed by atoms with Crippen molar-refractivity contribution in [1.82, 2.24) is 4.98 Å². The summed E-state index contributed by atoms with van der Waals surface area (Å²) in [4.78, 5) is 6.89. The van der Waals surface area contributed by atoms with Gasteiger partial charge < -0.3 is 15.4 Å². The Bertz CT molecular complexity index is 420. The molecule has 1 unspecified atom stereocenters. The van der Waals surface area contributed by atoms with E-state index in [1.54, 1.807) is 7.11 Å². The smallest absolute Gasteiger partial charge is 0.0746 e. The van der Waals surface area contributed by atoms with E-state index in [2.05, 4.69) is 16.0 Å². The fourth-order valence-electron chi connectivity index (χ4n) is 2.72. The average molecular weight is 249 g/mol. The Morgan fingerprint density at radius 2 is 2.28 bits per heavy atom. The molecule has 0 aromatic carbocycles. The first-order valence-electron chi connectivity index (χ1n) is 6.60. The third kappa shape index (κ3) is 2.65. The average Bonchev–Trinajstić information content (AvgIpc) is 2.38. The zero-order chi connectivity index (χ0) is 13.1. The highest BCUT2D eigenvalue weighted by molar-refractivity contribution is 5.56. The normalized spacial score (nSPS) is 20.2. The number of aryl methyl sites for hydroxylation is 2. The molecule has 2 N–H and O–H groups in total. The molecular weight excluding hydrogens is 226 g/mol. The highest BCUT2D eigenvalue weighted by Gasteiger charge is 2.22. The first-order chi connectivity index (χ1) is 8.65. The van der Waals surface area contributed by atoms with Crippen molar-refractivity contribution < 1.29 is 4.74 Å². The third-order valence-corrected chi connectivity index (χ3v) is 3.69. The van der Waals surface area contributed by atoms with Crippen LogP contribution in [0.5, 0.6) is 0 Å². The van der Waals surface area contributed by atoms with Gasteiger partial charge in [0.05, 0.1) is 6.10 Å². The molecule has 1 fully saturated rings. The summed E-state index contributed by atoms with van der Waals surface area (Å²) in [6.07, 6.45) is 2.65. The van der Waals surface area contributed by atoms with E-state index in [1.165, 1.54) is 12.1 Å². The van der Waals surface area contributed by atoms with Gasteiger partial charge in [0, 0.05) is 49.4 Å². The van der Waals surface area contributed by atoms with Crippen LogP contribution in [0.2, 0.25) is 0 Å². The number of nitrogens with zero attached hydrogens (tertiary/aromatic N) is 2. The molecule has 4 nitrogen and oxygen atoms in total. The molecule has 100 valence electrons. The van der Waals surface area contributed by atoms with E-state index < -0.39 is 0 Å². The second-order valence-corrected chi connectivity index (χ2v) is 5.00. The second-order valence-electron chi connectivity index (χ2n) is 5.00. The summed E-state index contributed by atoms with van der Waals surface area (Å²) >= 11 is 0. The molecule has 0 saturated carbocycles. The summed E-state index contributed by atoms with van der Waals surface area (Å²) in [5, 5.41) is 0. The molecule has 1 aromatic rings. The van der Waals surface area contributed by atoms with E-state index in [0.717, 1.165) is 36.5 Å². The van der Waals surface area contributed by atoms with Crippen molar-refractivity contribution in [2.24, 2.45) is 5.73 Å². The molecule has 1 saturated heterocycles. The summed E-state index contributed by atoms with van der Waals surface area (Å²) in [6.45, 7) is 6.65. The van der Waals surface area contributed by atoms with E-state index in [4.69, 9.17) is 10.5 Å². The molecule has 1 aliphatic rings. The highest BCUT2D eigenvalue weighted by atomic mass is 16.5. The zero-order valence-electron chi connectivity index (χ0n) is 11.6. The Kier molecular flexibility index (Phi) is 4.19. The highest BCUT2D eigenvalue weighted by Crippen LogP contribution is 2.27. The number of hydrogen-bond acceptors (Lipinski definition) is 4. The van der Waals surface area contributed by atoms with Gasteiger partial charge in [-0.2, -0.15) is 0 Å². The van der Waals surface area contributed by atoms with Gasteiger partial charge in [-0.15, -0.1) is 0 Å². The fourth-order valence-corrected chi connectivity index (χ4v) is 2.72. The minimum Gasteiger partial charge on any atom is -0.380 e. The quantitative estimate of drug-likeness (QED) is 0.887. The van der Waals surface area contributed by atoms with Crippen LogP contribution in [0.15, 0.2) is 6.07 Å². The molecule has 0 aliphatic carbocycles. The predicted molar refractivity (Wildman–Crippen MR) is 73.8 cm³/mol. The van der Waals surface area contributed by atoms with Crippen molar-refractivity contribution in [1.29, 1.82) is 0 Å². The monoisotopic (exact) mass is 249 g/mol. The molecule has 0 radical (unpaired) electrons. The van der Waals surface area contributed by atoms with Crippen molar-refractivity contribution in [2.45, 2.75) is 39.3 Å². The number of rotatable bonds is 3. The minimum absolute atomic E-state index is 0.332. The van der Waals surface area contributed by atoms with E-state index >= 15 is 0 Å². The van der Waals surface area contributed by atoms with Crippen LogP contribution in [0.4, 0.5) is 5.69 Å². The Hall–Kier alpha value is -1.13. The fraction of sp³-hybridized carbons (Fsp3) is 0.643. The molecule has 2 rings (SSSR count). The summed E-state index contributed by atoms with van der Waals surface area (Å²) in [5.41, 5.74) is 10.4. The summed E-state index contributed by atoms with van der Waals surface area (Å²) < 4.78 is 5.49. The van der Waals surface area contributed by atoms with Gasteiger partial charge in [0.25, 0.3) is 0 Å². The number of anilines is 1. The largest absolute Gasteiger partial charge is 0.380 e. The maximum absolute atomic E-state index is 5.88. The molecule has 18 heavy (non-hydrogen) atoms. The van der Waals surface area contributed by atoms with Gasteiger partial charge in [0.2, 0.25) is 0 Å². The molecule has 0 bridgehead atoms. The van der Waals surface area contributed by atoms with E-state index in [0.29, 0.717) is 12.6 Å². The molecule has 2 heterocycles. The van der Waals surface area contributed by atoms with E-state index in [1.807, 2.05) is 13.8 Å². The lowest BCUT2D eigenvalue weighted by atomic mass is 10.0. The van der Waals surface area contributed by atoms with Gasteiger partial charge in [-0.25, -0.2) is 0 Å². The maximum Gasteiger partial charge on any atom is 0.0746 e. The van der Waals surface area contributed by atoms with E-state index in [-0.39, 0.29) is 0 Å². The summed E-state index contributed by atoms with van der Waals surface area (Å²) in [7, 11) is 1.79. The molecule has 1 aliphatic heterocycles. The minimum atomic E-state index is 0.332. The van der Waals surface area contributed by atoms with Crippen LogP contribution in [-0.4, -0.2) is 31.3 Å². The predicted octanol–water partition coefficient (Wildman–Crippen LogP) is 1.77. The SMILES string of the molecule is COC1CCCN(c2cc(C)nc(C)c2CN)C1. The molecule has 4 heteroatoms. The lowest BCUT2D eigenvalue weighted by Gasteiger charge is -2.35. The number of nitrogens with two attached hydrogens (primary N) is 1.